The summed E-state index contributed by atoms with van der Waals surface area (Å²) in [6.07, 6.45) is 5.97. The second-order valence-electron chi connectivity index (χ2n) is 8.64. The summed E-state index contributed by atoms with van der Waals surface area (Å²) in [4.78, 5) is 4.92. The van der Waals surface area contributed by atoms with E-state index in [4.69, 9.17) is 27.9 Å². The maximum atomic E-state index is 6.39. The highest BCUT2D eigenvalue weighted by atomic mass is 35.5. The third kappa shape index (κ3) is 5.87. The molecular formula is C25H33Cl2N3O. The molecule has 1 heterocycles. The van der Waals surface area contributed by atoms with Crippen LogP contribution in [0.3, 0.4) is 0 Å². The third-order valence-corrected chi connectivity index (χ3v) is 7.43. The van der Waals surface area contributed by atoms with Crippen molar-refractivity contribution in [1.29, 1.82) is 0 Å². The second kappa shape index (κ2) is 10.9. The molecule has 0 amide bonds. The largest absolute Gasteiger partial charge is 0.497 e. The highest BCUT2D eigenvalue weighted by molar-refractivity contribution is 6.43. The first-order valence-electron chi connectivity index (χ1n) is 11.4. The van der Waals surface area contributed by atoms with Gasteiger partial charge in [0.05, 0.1) is 22.8 Å². The first kappa shape index (κ1) is 22.7. The van der Waals surface area contributed by atoms with E-state index in [1.165, 1.54) is 36.9 Å². The van der Waals surface area contributed by atoms with Gasteiger partial charge in [-0.2, -0.15) is 0 Å². The lowest BCUT2D eigenvalue weighted by Crippen LogP contribution is -2.46. The molecule has 0 radical (unpaired) electrons. The van der Waals surface area contributed by atoms with Gasteiger partial charge in [0.2, 0.25) is 0 Å². The van der Waals surface area contributed by atoms with Crippen LogP contribution in [-0.4, -0.2) is 57.3 Å². The molecule has 4 rings (SSSR count). The Hall–Kier alpha value is -1.46. The van der Waals surface area contributed by atoms with Crippen LogP contribution in [0.2, 0.25) is 10.0 Å². The zero-order valence-electron chi connectivity index (χ0n) is 18.4. The van der Waals surface area contributed by atoms with Gasteiger partial charge in [-0.05, 0) is 80.6 Å². The molecule has 31 heavy (non-hydrogen) atoms. The Morgan fingerprint density at radius 2 is 1.87 bits per heavy atom. The Morgan fingerprint density at radius 3 is 2.68 bits per heavy atom. The van der Waals surface area contributed by atoms with Crippen molar-refractivity contribution < 1.29 is 4.74 Å². The van der Waals surface area contributed by atoms with Crippen molar-refractivity contribution in [2.75, 3.05) is 51.3 Å². The van der Waals surface area contributed by atoms with E-state index in [9.17, 15) is 0 Å². The van der Waals surface area contributed by atoms with E-state index in [2.05, 4.69) is 39.4 Å². The number of anilines is 1. The number of unbranched alkanes of at least 4 members (excludes halogenated alkanes) is 1. The van der Waals surface area contributed by atoms with Gasteiger partial charge in [-0.1, -0.05) is 35.3 Å². The lowest BCUT2D eigenvalue weighted by molar-refractivity contribution is 0.252. The summed E-state index contributed by atoms with van der Waals surface area (Å²) >= 11 is 12.6. The van der Waals surface area contributed by atoms with Crippen LogP contribution in [0.1, 0.15) is 30.4 Å². The maximum Gasteiger partial charge on any atom is 0.119 e. The van der Waals surface area contributed by atoms with Gasteiger partial charge in [0.15, 0.2) is 0 Å². The topological polar surface area (TPSA) is 27.7 Å². The Kier molecular flexibility index (Phi) is 8.00. The first-order chi connectivity index (χ1) is 15.1. The van der Waals surface area contributed by atoms with E-state index >= 15 is 0 Å². The van der Waals surface area contributed by atoms with Crippen LogP contribution in [0.25, 0.3) is 0 Å². The highest BCUT2D eigenvalue weighted by Gasteiger charge is 2.20. The molecule has 168 valence electrons. The molecule has 0 bridgehead atoms. The molecule has 1 atom stereocenters. The molecule has 0 aromatic heterocycles. The van der Waals surface area contributed by atoms with Crippen LogP contribution >= 0.6 is 23.2 Å². The quantitative estimate of drug-likeness (QED) is 0.556. The summed E-state index contributed by atoms with van der Waals surface area (Å²) in [5.41, 5.74) is 3.99. The van der Waals surface area contributed by atoms with E-state index in [-0.39, 0.29) is 0 Å². The summed E-state index contributed by atoms with van der Waals surface area (Å²) in [6.45, 7) is 6.44. The average molecular weight is 462 g/mol. The van der Waals surface area contributed by atoms with Crippen molar-refractivity contribution in [1.82, 2.24) is 10.2 Å². The summed E-state index contributed by atoms with van der Waals surface area (Å²) in [5, 5.41) is 5.09. The number of aryl methyl sites for hydroxylation is 1. The molecule has 1 aliphatic heterocycles. The fraction of sp³-hybridized carbons (Fsp3) is 0.520. The lowest BCUT2D eigenvalue weighted by Gasteiger charge is -2.36. The zero-order chi connectivity index (χ0) is 21.6. The van der Waals surface area contributed by atoms with Gasteiger partial charge in [0, 0.05) is 32.2 Å². The smallest absolute Gasteiger partial charge is 0.119 e. The highest BCUT2D eigenvalue weighted by Crippen LogP contribution is 2.33. The van der Waals surface area contributed by atoms with E-state index in [1.54, 1.807) is 7.11 Å². The zero-order valence-corrected chi connectivity index (χ0v) is 19.9. The normalized spacial score (nSPS) is 19.3. The minimum Gasteiger partial charge on any atom is -0.497 e. The third-order valence-electron chi connectivity index (χ3n) is 6.62. The molecule has 1 unspecified atom stereocenters. The molecular weight excluding hydrogens is 429 g/mol. The number of benzene rings is 2. The number of piperazine rings is 1. The fourth-order valence-corrected chi connectivity index (χ4v) is 5.17. The molecule has 6 heteroatoms. The van der Waals surface area contributed by atoms with Gasteiger partial charge in [-0.15, -0.1) is 0 Å². The number of rotatable bonds is 8. The second-order valence-corrected chi connectivity index (χ2v) is 9.42. The van der Waals surface area contributed by atoms with Gasteiger partial charge in [-0.3, -0.25) is 4.90 Å². The minimum absolute atomic E-state index is 0.589. The van der Waals surface area contributed by atoms with Gasteiger partial charge in [0.25, 0.3) is 0 Å². The average Bonchev–Trinajstić information content (AvgIpc) is 2.80. The van der Waals surface area contributed by atoms with Crippen LogP contribution in [0.5, 0.6) is 5.75 Å². The van der Waals surface area contributed by atoms with Crippen LogP contribution in [0.15, 0.2) is 36.4 Å². The molecule has 1 saturated heterocycles. The molecule has 0 saturated carbocycles. The number of fused-ring (bicyclic) bond motifs is 1. The van der Waals surface area contributed by atoms with E-state index in [0.29, 0.717) is 16.1 Å². The first-order valence-corrected chi connectivity index (χ1v) is 12.2. The number of ether oxygens (including phenoxy) is 1. The summed E-state index contributed by atoms with van der Waals surface area (Å²) in [5.74, 6) is 0.970. The van der Waals surface area contributed by atoms with Crippen molar-refractivity contribution in [3.8, 4) is 5.75 Å². The van der Waals surface area contributed by atoms with Gasteiger partial charge in [-0.25, -0.2) is 0 Å². The lowest BCUT2D eigenvalue weighted by atomic mass is 9.88. The molecule has 2 aliphatic rings. The monoisotopic (exact) mass is 461 g/mol. The number of methoxy groups -OCH3 is 1. The Balaban J connectivity index is 1.13. The van der Waals surface area contributed by atoms with Crippen LogP contribution in [-0.2, 0) is 12.8 Å². The molecule has 1 N–H and O–H groups in total. The van der Waals surface area contributed by atoms with E-state index in [0.717, 1.165) is 57.0 Å². The number of halogens is 2. The number of hydrogen-bond acceptors (Lipinski definition) is 4. The van der Waals surface area contributed by atoms with E-state index < -0.39 is 0 Å². The predicted octanol–water partition coefficient (Wildman–Crippen LogP) is 5.05. The summed E-state index contributed by atoms with van der Waals surface area (Å²) in [7, 11) is 1.74. The van der Waals surface area contributed by atoms with Crippen molar-refractivity contribution in [2.45, 2.75) is 38.1 Å². The molecule has 1 aliphatic carbocycles. The van der Waals surface area contributed by atoms with Crippen molar-refractivity contribution in [3.05, 3.63) is 57.6 Å². The van der Waals surface area contributed by atoms with Crippen molar-refractivity contribution in [2.24, 2.45) is 0 Å². The number of nitrogens with zero attached hydrogens (tertiary/aromatic N) is 2. The molecule has 0 spiro atoms. The molecule has 1 fully saturated rings. The predicted molar refractivity (Wildman–Crippen MR) is 131 cm³/mol. The fourth-order valence-electron chi connectivity index (χ4n) is 4.75. The van der Waals surface area contributed by atoms with E-state index in [1.807, 2.05) is 12.1 Å². The van der Waals surface area contributed by atoms with Gasteiger partial charge >= 0.3 is 0 Å². The van der Waals surface area contributed by atoms with Crippen LogP contribution in [0, 0.1) is 0 Å². The Labute approximate surface area is 196 Å². The summed E-state index contributed by atoms with van der Waals surface area (Å²) in [6, 6.07) is 13.0. The standard InChI is InChI=1S/C25H33Cl2N3O/c1-31-22-10-8-19-7-9-21(17-20(19)18-22)28-11-2-3-12-29-13-15-30(16-14-29)24-6-4-5-23(26)25(24)27/h4-6,8,10,18,21,28H,2-3,7,9,11-17H2,1H3. The number of nitrogens with one attached hydrogen (secondary N) is 1. The van der Waals surface area contributed by atoms with Crippen molar-refractivity contribution in [3.63, 3.8) is 0 Å². The summed E-state index contributed by atoms with van der Waals surface area (Å²) < 4.78 is 5.39. The van der Waals surface area contributed by atoms with Crippen molar-refractivity contribution >= 4 is 28.9 Å². The Bertz CT molecular complexity index is 868. The maximum absolute atomic E-state index is 6.39. The van der Waals surface area contributed by atoms with Crippen LogP contribution < -0.4 is 15.0 Å². The molecule has 2 aromatic carbocycles. The molecule has 4 nitrogen and oxygen atoms in total. The number of hydrogen-bond donors (Lipinski definition) is 1. The van der Waals surface area contributed by atoms with Crippen LogP contribution in [0.4, 0.5) is 5.69 Å². The van der Waals surface area contributed by atoms with Gasteiger partial charge in [0.1, 0.15) is 5.75 Å². The minimum atomic E-state index is 0.589. The molecule has 2 aromatic rings. The van der Waals surface area contributed by atoms with Gasteiger partial charge < -0.3 is 15.0 Å². The SMILES string of the molecule is COc1ccc2c(c1)CC(NCCCCN1CCN(c3cccc(Cl)c3Cl)CC1)CC2. The Morgan fingerprint density at radius 1 is 1.03 bits per heavy atom.